The van der Waals surface area contributed by atoms with Crippen molar-refractivity contribution in [2.75, 3.05) is 6.54 Å². The Hall–Kier alpha value is -0.870. The molecule has 1 aliphatic heterocycles. The fourth-order valence-corrected chi connectivity index (χ4v) is 3.29. The zero-order chi connectivity index (χ0) is 11.7. The van der Waals surface area contributed by atoms with E-state index in [0.717, 1.165) is 13.0 Å². The minimum atomic E-state index is -0.660. The maximum Gasteiger partial charge on any atom is 0.308 e. The highest BCUT2D eigenvalue weighted by Crippen LogP contribution is 2.33. The summed E-state index contributed by atoms with van der Waals surface area (Å²) in [6.07, 6.45) is 0.769. The van der Waals surface area contributed by atoms with Gasteiger partial charge >= 0.3 is 5.97 Å². The summed E-state index contributed by atoms with van der Waals surface area (Å²) in [7, 11) is 0. The van der Waals surface area contributed by atoms with Gasteiger partial charge in [0.1, 0.15) is 0 Å². The molecule has 2 heterocycles. The molecule has 2 rings (SSSR count). The predicted molar refractivity (Wildman–Crippen MR) is 64.6 cm³/mol. The van der Waals surface area contributed by atoms with Crippen LogP contribution in [0.15, 0.2) is 16.8 Å². The first-order valence-electron chi connectivity index (χ1n) is 5.62. The van der Waals surface area contributed by atoms with Crippen LogP contribution in [0.2, 0.25) is 0 Å². The summed E-state index contributed by atoms with van der Waals surface area (Å²) in [6, 6.07) is 2.58. The SMILES string of the molecule is CC(c1ccsc1)N1CCC(C(=O)O)C1C. The van der Waals surface area contributed by atoms with Crippen molar-refractivity contribution >= 4 is 17.3 Å². The molecule has 0 spiro atoms. The number of carboxylic acids is 1. The molecule has 16 heavy (non-hydrogen) atoms. The van der Waals surface area contributed by atoms with Crippen molar-refractivity contribution in [3.63, 3.8) is 0 Å². The fourth-order valence-electron chi connectivity index (χ4n) is 2.54. The van der Waals surface area contributed by atoms with Gasteiger partial charge < -0.3 is 5.11 Å². The molecule has 3 nitrogen and oxygen atoms in total. The normalized spacial score (nSPS) is 28.1. The Morgan fingerprint density at radius 3 is 2.94 bits per heavy atom. The summed E-state index contributed by atoms with van der Waals surface area (Å²) in [5.41, 5.74) is 1.29. The molecule has 0 aromatic carbocycles. The maximum atomic E-state index is 11.0. The largest absolute Gasteiger partial charge is 0.481 e. The first kappa shape index (κ1) is 11.6. The van der Waals surface area contributed by atoms with Crippen LogP contribution in [0, 0.1) is 5.92 Å². The lowest BCUT2D eigenvalue weighted by Crippen LogP contribution is -2.34. The van der Waals surface area contributed by atoms with E-state index in [0.29, 0.717) is 6.04 Å². The summed E-state index contributed by atoms with van der Waals surface area (Å²) >= 11 is 1.69. The van der Waals surface area contributed by atoms with Gasteiger partial charge in [-0.25, -0.2) is 0 Å². The first-order chi connectivity index (χ1) is 7.61. The molecule has 1 aromatic heterocycles. The molecule has 1 aromatic rings. The van der Waals surface area contributed by atoms with Crippen LogP contribution < -0.4 is 0 Å². The van der Waals surface area contributed by atoms with E-state index in [1.807, 2.05) is 6.92 Å². The average Bonchev–Trinajstić information content (AvgIpc) is 2.84. The summed E-state index contributed by atoms with van der Waals surface area (Å²) in [6.45, 7) is 5.06. The van der Waals surface area contributed by atoms with E-state index in [4.69, 9.17) is 5.11 Å². The highest BCUT2D eigenvalue weighted by molar-refractivity contribution is 7.07. The molecule has 3 unspecified atom stereocenters. The van der Waals surface area contributed by atoms with Gasteiger partial charge in [0.05, 0.1) is 5.92 Å². The van der Waals surface area contributed by atoms with Crippen LogP contribution in [0.1, 0.15) is 31.9 Å². The summed E-state index contributed by atoms with van der Waals surface area (Å²) in [4.78, 5) is 13.3. The van der Waals surface area contributed by atoms with E-state index < -0.39 is 5.97 Å². The van der Waals surface area contributed by atoms with Crippen molar-refractivity contribution in [1.29, 1.82) is 0 Å². The number of likely N-dealkylation sites (tertiary alicyclic amines) is 1. The van der Waals surface area contributed by atoms with Crippen LogP contribution in [0.25, 0.3) is 0 Å². The summed E-state index contributed by atoms with van der Waals surface area (Å²) < 4.78 is 0. The molecule has 88 valence electrons. The maximum absolute atomic E-state index is 11.0. The van der Waals surface area contributed by atoms with E-state index in [1.165, 1.54) is 5.56 Å². The van der Waals surface area contributed by atoms with Gasteiger partial charge in [-0.05, 0) is 49.2 Å². The second-order valence-corrected chi connectivity index (χ2v) is 5.22. The van der Waals surface area contributed by atoms with E-state index >= 15 is 0 Å². The molecule has 4 heteroatoms. The molecule has 1 N–H and O–H groups in total. The second kappa shape index (κ2) is 4.55. The topological polar surface area (TPSA) is 40.5 Å². The number of aliphatic carboxylic acids is 1. The number of nitrogens with zero attached hydrogens (tertiary/aromatic N) is 1. The molecule has 1 fully saturated rings. The first-order valence-corrected chi connectivity index (χ1v) is 6.56. The van der Waals surface area contributed by atoms with Gasteiger partial charge in [0.2, 0.25) is 0 Å². The van der Waals surface area contributed by atoms with Crippen molar-refractivity contribution < 1.29 is 9.90 Å². The quantitative estimate of drug-likeness (QED) is 0.881. The van der Waals surface area contributed by atoms with Gasteiger partial charge in [-0.15, -0.1) is 0 Å². The highest BCUT2D eigenvalue weighted by atomic mass is 32.1. The third kappa shape index (κ3) is 1.99. The van der Waals surface area contributed by atoms with Gasteiger partial charge in [0.15, 0.2) is 0 Å². The Balaban J connectivity index is 2.09. The fraction of sp³-hybridized carbons (Fsp3) is 0.583. The van der Waals surface area contributed by atoms with Crippen LogP contribution in [-0.4, -0.2) is 28.6 Å². The van der Waals surface area contributed by atoms with Crippen molar-refractivity contribution in [2.45, 2.75) is 32.4 Å². The smallest absolute Gasteiger partial charge is 0.308 e. The molecule has 0 bridgehead atoms. The molecule has 1 aliphatic rings. The van der Waals surface area contributed by atoms with Crippen LogP contribution in [0.4, 0.5) is 0 Å². The molecule has 1 saturated heterocycles. The number of thiophene rings is 1. The zero-order valence-electron chi connectivity index (χ0n) is 9.59. The summed E-state index contributed by atoms with van der Waals surface area (Å²) in [5, 5.41) is 13.3. The minimum Gasteiger partial charge on any atom is -0.481 e. The van der Waals surface area contributed by atoms with Crippen LogP contribution in [0.5, 0.6) is 0 Å². The second-order valence-electron chi connectivity index (χ2n) is 4.44. The van der Waals surface area contributed by atoms with Gasteiger partial charge in [0.25, 0.3) is 0 Å². The molecule has 0 saturated carbocycles. The van der Waals surface area contributed by atoms with E-state index in [2.05, 4.69) is 28.7 Å². The van der Waals surface area contributed by atoms with Crippen molar-refractivity contribution in [2.24, 2.45) is 5.92 Å². The molecular weight excluding hydrogens is 222 g/mol. The third-order valence-electron chi connectivity index (χ3n) is 3.64. The van der Waals surface area contributed by atoms with Crippen molar-refractivity contribution in [3.8, 4) is 0 Å². The number of carbonyl (C=O) groups is 1. The number of carboxylic acid groups (broad SMARTS) is 1. The highest BCUT2D eigenvalue weighted by Gasteiger charge is 2.37. The summed E-state index contributed by atoms with van der Waals surface area (Å²) in [5.74, 6) is -0.867. The average molecular weight is 239 g/mol. The van der Waals surface area contributed by atoms with Gasteiger partial charge in [-0.1, -0.05) is 0 Å². The van der Waals surface area contributed by atoms with Crippen LogP contribution in [0.3, 0.4) is 0 Å². The predicted octanol–water partition coefficient (Wildman–Crippen LogP) is 2.60. The Morgan fingerprint density at radius 2 is 2.44 bits per heavy atom. The van der Waals surface area contributed by atoms with Crippen LogP contribution >= 0.6 is 11.3 Å². The molecule has 0 amide bonds. The molecule has 3 atom stereocenters. The van der Waals surface area contributed by atoms with Gasteiger partial charge in [0, 0.05) is 12.1 Å². The third-order valence-corrected chi connectivity index (χ3v) is 4.35. The Bertz CT molecular complexity index is 363. The zero-order valence-corrected chi connectivity index (χ0v) is 10.4. The number of hydrogen-bond acceptors (Lipinski definition) is 3. The molecule has 0 radical (unpaired) electrons. The van der Waals surface area contributed by atoms with E-state index in [1.54, 1.807) is 11.3 Å². The monoisotopic (exact) mass is 239 g/mol. The Labute approximate surface area is 99.7 Å². The van der Waals surface area contributed by atoms with Crippen molar-refractivity contribution in [3.05, 3.63) is 22.4 Å². The lowest BCUT2D eigenvalue weighted by molar-refractivity contribution is -0.142. The van der Waals surface area contributed by atoms with Gasteiger partial charge in [-0.2, -0.15) is 11.3 Å². The van der Waals surface area contributed by atoms with Crippen LogP contribution in [-0.2, 0) is 4.79 Å². The lowest BCUT2D eigenvalue weighted by atomic mass is 10.0. The lowest BCUT2D eigenvalue weighted by Gasteiger charge is -2.29. The van der Waals surface area contributed by atoms with E-state index in [9.17, 15) is 4.79 Å². The van der Waals surface area contributed by atoms with Crippen molar-refractivity contribution in [1.82, 2.24) is 4.90 Å². The molecule has 0 aliphatic carbocycles. The Morgan fingerprint density at radius 1 is 1.69 bits per heavy atom. The molecular formula is C12H17NO2S. The van der Waals surface area contributed by atoms with Gasteiger partial charge in [-0.3, -0.25) is 9.69 Å². The number of hydrogen-bond donors (Lipinski definition) is 1. The standard InChI is InChI=1S/C12H17NO2S/c1-8(10-4-6-16-7-10)13-5-3-11(9(13)2)12(14)15/h4,6-9,11H,3,5H2,1-2H3,(H,14,15). The van der Waals surface area contributed by atoms with E-state index in [-0.39, 0.29) is 12.0 Å². The Kier molecular flexibility index (Phi) is 3.30. The number of rotatable bonds is 3. The minimum absolute atomic E-state index is 0.132.